The Morgan fingerprint density at radius 1 is 1.32 bits per heavy atom. The van der Waals surface area contributed by atoms with E-state index in [1.54, 1.807) is 6.20 Å². The van der Waals surface area contributed by atoms with Crippen LogP contribution in [-0.2, 0) is 4.57 Å². The predicted molar refractivity (Wildman–Crippen MR) is 114 cm³/mol. The van der Waals surface area contributed by atoms with Crippen molar-refractivity contribution in [2.24, 2.45) is 5.41 Å². The maximum atomic E-state index is 12.5. The summed E-state index contributed by atoms with van der Waals surface area (Å²) in [6, 6.07) is 4.30. The van der Waals surface area contributed by atoms with Gasteiger partial charge >= 0.3 is 0 Å². The standard InChI is InChI=1S/C20H31N6OP/c1-14-7-9-20(2,13-28(3,4)27)12-26(14)19-21-10-8-17(23-19)22-18-11-16(24-25-18)15-5-6-15/h8,10-11,14-15H,5-7,9,12-13H2,1-4H3,(H2,21,22,23,24,25). The zero-order valence-corrected chi connectivity index (χ0v) is 18.2. The second-order valence-electron chi connectivity index (χ2n) is 9.41. The van der Waals surface area contributed by atoms with Gasteiger partial charge in [-0.15, -0.1) is 0 Å². The van der Waals surface area contributed by atoms with Crippen molar-refractivity contribution in [3.63, 3.8) is 0 Å². The van der Waals surface area contributed by atoms with Crippen molar-refractivity contribution in [2.75, 3.05) is 36.3 Å². The molecule has 0 bridgehead atoms. The van der Waals surface area contributed by atoms with Crippen LogP contribution in [-0.4, -0.2) is 52.2 Å². The Bertz CT molecular complexity index is 888. The number of hydrogen-bond acceptors (Lipinski definition) is 6. The molecule has 2 unspecified atom stereocenters. The van der Waals surface area contributed by atoms with E-state index in [0.29, 0.717) is 12.0 Å². The van der Waals surface area contributed by atoms with Crippen molar-refractivity contribution in [3.05, 3.63) is 24.0 Å². The molecule has 28 heavy (non-hydrogen) atoms. The van der Waals surface area contributed by atoms with Gasteiger partial charge in [0.15, 0.2) is 5.82 Å². The van der Waals surface area contributed by atoms with Crippen LogP contribution in [0.15, 0.2) is 18.3 Å². The molecule has 1 aliphatic heterocycles. The topological polar surface area (TPSA) is 86.8 Å². The van der Waals surface area contributed by atoms with Crippen LogP contribution in [0.2, 0.25) is 0 Å². The quantitative estimate of drug-likeness (QED) is 0.695. The SMILES string of the molecule is CC1CCC(C)(CP(C)(C)=O)CN1c1nccc(Nc2cc(C3CC3)[nH]n2)n1. The summed E-state index contributed by atoms with van der Waals surface area (Å²) in [4.78, 5) is 11.6. The van der Waals surface area contributed by atoms with Crippen LogP contribution >= 0.6 is 7.14 Å². The number of nitrogens with zero attached hydrogens (tertiary/aromatic N) is 4. The third-order valence-corrected chi connectivity index (χ3v) is 7.31. The first-order valence-corrected chi connectivity index (χ1v) is 13.0. The van der Waals surface area contributed by atoms with E-state index in [9.17, 15) is 4.57 Å². The van der Waals surface area contributed by atoms with Gasteiger partial charge in [-0.25, -0.2) is 4.98 Å². The molecule has 152 valence electrons. The monoisotopic (exact) mass is 402 g/mol. The van der Waals surface area contributed by atoms with E-state index >= 15 is 0 Å². The number of piperidine rings is 1. The molecule has 2 atom stereocenters. The number of H-pyrrole nitrogens is 1. The Hall–Kier alpha value is -1.88. The number of hydrogen-bond donors (Lipinski definition) is 2. The minimum Gasteiger partial charge on any atom is -0.338 e. The summed E-state index contributed by atoms with van der Waals surface area (Å²) in [6.07, 6.45) is 7.19. The van der Waals surface area contributed by atoms with Crippen molar-refractivity contribution in [2.45, 2.75) is 51.5 Å². The lowest BCUT2D eigenvalue weighted by Gasteiger charge is -2.45. The molecule has 2 aromatic heterocycles. The third-order valence-electron chi connectivity index (χ3n) is 5.78. The molecule has 0 aromatic carbocycles. The minimum atomic E-state index is -2.09. The van der Waals surface area contributed by atoms with Crippen LogP contribution in [0.25, 0.3) is 0 Å². The molecule has 0 amide bonds. The summed E-state index contributed by atoms with van der Waals surface area (Å²) < 4.78 is 12.5. The van der Waals surface area contributed by atoms with E-state index in [4.69, 9.17) is 4.98 Å². The molecular weight excluding hydrogens is 371 g/mol. The maximum Gasteiger partial charge on any atom is 0.227 e. The zero-order chi connectivity index (χ0) is 19.9. The normalized spacial score (nSPS) is 25.7. The summed E-state index contributed by atoms with van der Waals surface area (Å²) in [5.74, 6) is 2.91. The molecule has 1 saturated carbocycles. The van der Waals surface area contributed by atoms with Crippen molar-refractivity contribution in [1.82, 2.24) is 20.2 Å². The van der Waals surface area contributed by atoms with E-state index in [2.05, 4.69) is 45.3 Å². The molecule has 2 aliphatic rings. The lowest BCUT2D eigenvalue weighted by Crippen LogP contribution is -2.48. The highest BCUT2D eigenvalue weighted by Crippen LogP contribution is 2.47. The number of rotatable bonds is 6. The van der Waals surface area contributed by atoms with Gasteiger partial charge in [0.25, 0.3) is 0 Å². The van der Waals surface area contributed by atoms with E-state index in [-0.39, 0.29) is 5.41 Å². The molecule has 7 nitrogen and oxygen atoms in total. The summed E-state index contributed by atoms with van der Waals surface area (Å²) in [5, 5.41) is 10.8. The van der Waals surface area contributed by atoms with Gasteiger partial charge in [0, 0.05) is 42.6 Å². The fourth-order valence-corrected chi connectivity index (χ4v) is 6.46. The smallest absolute Gasteiger partial charge is 0.227 e. The number of aromatic nitrogens is 4. The zero-order valence-electron chi connectivity index (χ0n) is 17.3. The van der Waals surface area contributed by atoms with Crippen LogP contribution in [0, 0.1) is 5.41 Å². The van der Waals surface area contributed by atoms with Crippen molar-refractivity contribution in [3.8, 4) is 0 Å². The van der Waals surface area contributed by atoms with Crippen LogP contribution < -0.4 is 10.2 Å². The van der Waals surface area contributed by atoms with Crippen LogP contribution in [0.5, 0.6) is 0 Å². The molecule has 2 fully saturated rings. The van der Waals surface area contributed by atoms with Crippen molar-refractivity contribution >= 4 is 24.7 Å². The van der Waals surface area contributed by atoms with Gasteiger partial charge in [-0.3, -0.25) is 5.10 Å². The fraction of sp³-hybridized carbons (Fsp3) is 0.650. The summed E-state index contributed by atoms with van der Waals surface area (Å²) in [7, 11) is -2.09. The molecule has 4 rings (SSSR count). The molecule has 8 heteroatoms. The predicted octanol–water partition coefficient (Wildman–Crippen LogP) is 4.44. The van der Waals surface area contributed by atoms with E-state index in [0.717, 1.165) is 43.1 Å². The largest absolute Gasteiger partial charge is 0.338 e. The Balaban J connectivity index is 1.50. The first-order valence-electron chi connectivity index (χ1n) is 10.2. The Labute approximate surface area is 167 Å². The molecule has 0 radical (unpaired) electrons. The van der Waals surface area contributed by atoms with Gasteiger partial charge < -0.3 is 14.8 Å². The Kier molecular flexibility index (Phi) is 4.98. The summed E-state index contributed by atoms with van der Waals surface area (Å²) >= 11 is 0. The average Bonchev–Trinajstić information content (AvgIpc) is 3.36. The molecule has 1 saturated heterocycles. The minimum absolute atomic E-state index is 0.0275. The Morgan fingerprint density at radius 3 is 2.82 bits per heavy atom. The molecule has 3 heterocycles. The molecule has 1 aliphatic carbocycles. The second kappa shape index (κ2) is 7.18. The van der Waals surface area contributed by atoms with E-state index < -0.39 is 7.14 Å². The van der Waals surface area contributed by atoms with Gasteiger partial charge in [-0.05, 0) is 57.4 Å². The van der Waals surface area contributed by atoms with Crippen LogP contribution in [0.3, 0.4) is 0 Å². The second-order valence-corrected chi connectivity index (χ2v) is 12.9. The molecule has 2 aromatic rings. The Morgan fingerprint density at radius 2 is 2.11 bits per heavy atom. The lowest BCUT2D eigenvalue weighted by molar-refractivity contribution is 0.263. The lowest BCUT2D eigenvalue weighted by atomic mass is 9.81. The molecule has 2 N–H and O–H groups in total. The number of anilines is 3. The van der Waals surface area contributed by atoms with Gasteiger partial charge in [-0.2, -0.15) is 10.1 Å². The first-order chi connectivity index (χ1) is 13.2. The number of nitrogens with one attached hydrogen (secondary N) is 2. The van der Waals surface area contributed by atoms with Crippen LogP contribution in [0.1, 0.15) is 51.1 Å². The summed E-state index contributed by atoms with van der Waals surface area (Å²) in [6.45, 7) is 9.08. The van der Waals surface area contributed by atoms with Crippen LogP contribution in [0.4, 0.5) is 17.6 Å². The third kappa shape index (κ3) is 4.57. The van der Waals surface area contributed by atoms with Gasteiger partial charge in [0.05, 0.1) is 7.14 Å². The fourth-order valence-electron chi connectivity index (χ4n) is 4.37. The molecule has 0 spiro atoms. The van der Waals surface area contributed by atoms with Crippen molar-refractivity contribution in [1.29, 1.82) is 0 Å². The average molecular weight is 402 g/mol. The van der Waals surface area contributed by atoms with Gasteiger partial charge in [0.1, 0.15) is 5.82 Å². The highest BCUT2D eigenvalue weighted by molar-refractivity contribution is 7.62. The number of aromatic amines is 1. The van der Waals surface area contributed by atoms with Gasteiger partial charge in [-0.1, -0.05) is 6.92 Å². The highest BCUT2D eigenvalue weighted by Gasteiger charge is 2.38. The van der Waals surface area contributed by atoms with E-state index in [1.165, 1.54) is 18.5 Å². The first kappa shape index (κ1) is 19.4. The maximum absolute atomic E-state index is 12.5. The molecular formula is C20H31N6OP. The van der Waals surface area contributed by atoms with Crippen molar-refractivity contribution < 1.29 is 4.57 Å². The van der Waals surface area contributed by atoms with E-state index in [1.807, 2.05) is 19.4 Å². The highest BCUT2D eigenvalue weighted by atomic mass is 31.2. The van der Waals surface area contributed by atoms with Gasteiger partial charge in [0.2, 0.25) is 5.95 Å². The summed E-state index contributed by atoms with van der Waals surface area (Å²) in [5.41, 5.74) is 1.22.